The van der Waals surface area contributed by atoms with Crippen LogP contribution < -0.4 is 0 Å². The Kier molecular flexibility index (Phi) is 5.49. The average molecular weight is 427 g/mol. The molecule has 10 atom stereocenters. The minimum atomic E-state index is -1.28. The van der Waals surface area contributed by atoms with Crippen molar-refractivity contribution < 1.29 is 0 Å². The molecule has 10 unspecified atom stereocenters. The van der Waals surface area contributed by atoms with Crippen molar-refractivity contribution in [3.63, 3.8) is 0 Å². The molecule has 30 heavy (non-hydrogen) atoms. The molecule has 0 heterocycles. The highest BCUT2D eigenvalue weighted by Crippen LogP contribution is 2.69. The van der Waals surface area contributed by atoms with E-state index in [1.165, 1.54) is 11.1 Å². The first kappa shape index (κ1) is 20.8. The summed E-state index contributed by atoms with van der Waals surface area (Å²) in [5.41, 5.74) is 2.36. The molecule has 0 aromatic heterocycles. The summed E-state index contributed by atoms with van der Waals surface area (Å²) in [6.07, 6.45) is 23.9. The highest BCUT2D eigenvalue weighted by atomic mass is 28.3. The molecule has 6 rings (SSSR count). The van der Waals surface area contributed by atoms with E-state index in [9.17, 15) is 0 Å². The second kappa shape index (κ2) is 7.91. The lowest BCUT2D eigenvalue weighted by Gasteiger charge is -2.50. The third-order valence-electron chi connectivity index (χ3n) is 12.6. The molecular formula is C29H50Si. The van der Waals surface area contributed by atoms with E-state index < -0.39 is 8.07 Å². The van der Waals surface area contributed by atoms with Crippen molar-refractivity contribution in [1.82, 2.24) is 0 Å². The summed E-state index contributed by atoms with van der Waals surface area (Å²) in [5, 5.41) is 0. The van der Waals surface area contributed by atoms with Gasteiger partial charge in [-0.2, -0.15) is 0 Å². The molecule has 0 nitrogen and oxygen atoms in total. The zero-order valence-electron chi connectivity index (χ0n) is 20.5. The van der Waals surface area contributed by atoms with Crippen molar-refractivity contribution in [3.05, 3.63) is 0 Å². The summed E-state index contributed by atoms with van der Waals surface area (Å²) < 4.78 is 0. The van der Waals surface area contributed by atoms with Crippen LogP contribution in [0.25, 0.3) is 0 Å². The van der Waals surface area contributed by atoms with Gasteiger partial charge in [-0.3, -0.25) is 0 Å². The van der Waals surface area contributed by atoms with Crippen LogP contribution >= 0.6 is 0 Å². The fourth-order valence-corrected chi connectivity index (χ4v) is 18.7. The topological polar surface area (TPSA) is 0 Å². The molecule has 0 amide bonds. The van der Waals surface area contributed by atoms with Crippen LogP contribution in [0.2, 0.25) is 24.2 Å². The molecule has 0 aromatic rings. The molecule has 6 fully saturated rings. The third-order valence-corrected chi connectivity index (χ3v) is 17.9. The lowest BCUT2D eigenvalue weighted by Crippen LogP contribution is -2.48. The Hall–Kier alpha value is 0.217. The Morgan fingerprint density at radius 3 is 1.60 bits per heavy atom. The predicted molar refractivity (Wildman–Crippen MR) is 131 cm³/mol. The molecule has 0 aromatic carbocycles. The molecule has 6 aliphatic carbocycles. The Balaban J connectivity index is 1.31. The molecule has 6 aliphatic rings. The molecule has 1 heteroatoms. The van der Waals surface area contributed by atoms with Gasteiger partial charge < -0.3 is 0 Å². The molecule has 0 spiro atoms. The summed E-state index contributed by atoms with van der Waals surface area (Å²) in [6.45, 7) is 8.65. The Labute approximate surface area is 188 Å². The SMILES string of the molecule is CC1CC2C3CCCCC3CCC2C1[Si](C)(C)C1C2CCCCC2C2CCCCC21. The van der Waals surface area contributed by atoms with Gasteiger partial charge in [-0.1, -0.05) is 77.8 Å². The van der Waals surface area contributed by atoms with Crippen LogP contribution in [0.4, 0.5) is 0 Å². The van der Waals surface area contributed by atoms with Crippen molar-refractivity contribution in [2.45, 2.75) is 127 Å². The molecular weight excluding hydrogens is 376 g/mol. The van der Waals surface area contributed by atoms with Crippen molar-refractivity contribution >= 4 is 8.07 Å². The first-order chi connectivity index (χ1) is 14.6. The van der Waals surface area contributed by atoms with Crippen LogP contribution in [0, 0.1) is 53.3 Å². The normalized spacial score (nSPS) is 53.5. The average Bonchev–Trinajstić information content (AvgIpc) is 3.29. The molecule has 0 saturated heterocycles. The molecule has 0 bridgehead atoms. The first-order valence-corrected chi connectivity index (χ1v) is 17.7. The highest BCUT2D eigenvalue weighted by Gasteiger charge is 2.62. The second-order valence-electron chi connectivity index (χ2n) is 13.9. The summed E-state index contributed by atoms with van der Waals surface area (Å²) in [4.78, 5) is 0. The smallest absolute Gasteiger partial charge is 0.0547 e. The van der Waals surface area contributed by atoms with Gasteiger partial charge >= 0.3 is 0 Å². The van der Waals surface area contributed by atoms with Crippen molar-refractivity contribution in [2.24, 2.45) is 53.3 Å². The van der Waals surface area contributed by atoms with Crippen molar-refractivity contribution in [3.8, 4) is 0 Å². The molecule has 170 valence electrons. The van der Waals surface area contributed by atoms with Crippen LogP contribution in [-0.4, -0.2) is 8.07 Å². The zero-order chi connectivity index (χ0) is 20.5. The van der Waals surface area contributed by atoms with E-state index in [2.05, 4.69) is 20.0 Å². The standard InChI is InChI=1S/C29H50Si/c1-19-18-27-21-11-5-4-10-20(21)16-17-26(27)28(19)30(2,3)29-24-14-8-6-12-22(24)23-13-7-9-15-25(23)29/h19-29H,4-18H2,1-3H3. The van der Waals surface area contributed by atoms with Gasteiger partial charge in [-0.05, 0) is 103 Å². The van der Waals surface area contributed by atoms with E-state index in [0.717, 1.165) is 53.3 Å². The van der Waals surface area contributed by atoms with Gasteiger partial charge in [0, 0.05) is 0 Å². The monoisotopic (exact) mass is 426 g/mol. The lowest BCUT2D eigenvalue weighted by atomic mass is 9.62. The maximum absolute atomic E-state index is 2.96. The van der Waals surface area contributed by atoms with Crippen LogP contribution in [-0.2, 0) is 0 Å². The van der Waals surface area contributed by atoms with Gasteiger partial charge in [0.1, 0.15) is 0 Å². The van der Waals surface area contributed by atoms with Gasteiger partial charge in [-0.15, -0.1) is 0 Å². The molecule has 0 N–H and O–H groups in total. The largest absolute Gasteiger partial charge is 0.0689 e. The Morgan fingerprint density at radius 2 is 0.967 bits per heavy atom. The maximum Gasteiger partial charge on any atom is 0.0547 e. The van der Waals surface area contributed by atoms with E-state index in [-0.39, 0.29) is 0 Å². The summed E-state index contributed by atoms with van der Waals surface area (Å²) in [7, 11) is -1.28. The lowest BCUT2D eigenvalue weighted by molar-refractivity contribution is 0.0718. The fraction of sp³-hybridized carbons (Fsp3) is 1.00. The second-order valence-corrected chi connectivity index (χ2v) is 18.9. The van der Waals surface area contributed by atoms with E-state index in [0.29, 0.717) is 0 Å². The van der Waals surface area contributed by atoms with Crippen LogP contribution in [0.1, 0.15) is 103 Å². The Morgan fingerprint density at radius 1 is 0.467 bits per heavy atom. The quantitative estimate of drug-likeness (QED) is 0.386. The zero-order valence-corrected chi connectivity index (χ0v) is 21.5. The third kappa shape index (κ3) is 3.09. The summed E-state index contributed by atoms with van der Waals surface area (Å²) in [5.74, 6) is 10.2. The van der Waals surface area contributed by atoms with Gasteiger partial charge in [0.05, 0.1) is 8.07 Å². The summed E-state index contributed by atoms with van der Waals surface area (Å²) >= 11 is 0. The number of hydrogen-bond acceptors (Lipinski definition) is 0. The molecule has 0 radical (unpaired) electrons. The number of rotatable bonds is 2. The maximum atomic E-state index is 2.96. The van der Waals surface area contributed by atoms with Crippen LogP contribution in [0.15, 0.2) is 0 Å². The van der Waals surface area contributed by atoms with Gasteiger partial charge in [-0.25, -0.2) is 0 Å². The molecule has 0 aliphatic heterocycles. The summed E-state index contributed by atoms with van der Waals surface area (Å²) in [6, 6.07) is 0. The van der Waals surface area contributed by atoms with E-state index in [1.54, 1.807) is 96.3 Å². The van der Waals surface area contributed by atoms with Gasteiger partial charge in [0.2, 0.25) is 0 Å². The number of fused-ring (bicyclic) bond motifs is 6. The van der Waals surface area contributed by atoms with Gasteiger partial charge in [0.15, 0.2) is 0 Å². The highest BCUT2D eigenvalue weighted by molar-refractivity contribution is 6.80. The van der Waals surface area contributed by atoms with Gasteiger partial charge in [0.25, 0.3) is 0 Å². The first-order valence-electron chi connectivity index (χ1n) is 14.6. The van der Waals surface area contributed by atoms with Crippen molar-refractivity contribution in [1.29, 1.82) is 0 Å². The minimum absolute atomic E-state index is 1.05. The van der Waals surface area contributed by atoms with E-state index >= 15 is 0 Å². The number of hydrogen-bond donors (Lipinski definition) is 0. The van der Waals surface area contributed by atoms with Crippen molar-refractivity contribution in [2.75, 3.05) is 0 Å². The van der Waals surface area contributed by atoms with E-state index in [1.807, 2.05) is 0 Å². The fourth-order valence-electron chi connectivity index (χ4n) is 12.1. The van der Waals surface area contributed by atoms with E-state index in [4.69, 9.17) is 0 Å². The minimum Gasteiger partial charge on any atom is -0.0689 e. The molecule has 6 saturated carbocycles. The predicted octanol–water partition coefficient (Wildman–Crippen LogP) is 8.93. The Bertz CT molecular complexity index is 602. The van der Waals surface area contributed by atoms with Crippen LogP contribution in [0.5, 0.6) is 0 Å². The van der Waals surface area contributed by atoms with Crippen LogP contribution in [0.3, 0.4) is 0 Å².